The van der Waals surface area contributed by atoms with E-state index in [1.54, 1.807) is 0 Å². The highest BCUT2D eigenvalue weighted by Crippen LogP contribution is 2.27. The molecule has 0 aromatic carbocycles. The average molecular weight is 335 g/mol. The van der Waals surface area contributed by atoms with Gasteiger partial charge in [0.15, 0.2) is 5.69 Å². The normalized spacial score (nSPS) is 26.0. The number of imidazole rings is 1. The van der Waals surface area contributed by atoms with Crippen molar-refractivity contribution in [2.45, 2.75) is 32.2 Å². The Labute approximate surface area is 142 Å². The summed E-state index contributed by atoms with van der Waals surface area (Å²) in [7, 11) is 0. The van der Waals surface area contributed by atoms with Gasteiger partial charge in [0.1, 0.15) is 5.82 Å². The predicted molar refractivity (Wildman–Crippen MR) is 92.2 cm³/mol. The third-order valence-electron chi connectivity index (χ3n) is 5.13. The summed E-state index contributed by atoms with van der Waals surface area (Å²) in [4.78, 5) is 19.8. The number of carbonyl (C=O) groups excluding carboxylic acids is 1. The van der Waals surface area contributed by atoms with Crippen molar-refractivity contribution in [1.82, 2.24) is 19.6 Å². The lowest BCUT2D eigenvalue weighted by molar-refractivity contribution is 0.0619. The van der Waals surface area contributed by atoms with Gasteiger partial charge in [-0.3, -0.25) is 4.79 Å². The lowest BCUT2D eigenvalue weighted by Crippen LogP contribution is -2.57. The molecule has 1 atom stereocenters. The van der Waals surface area contributed by atoms with E-state index in [2.05, 4.69) is 22.1 Å². The number of pyridine rings is 1. The van der Waals surface area contributed by atoms with Crippen molar-refractivity contribution in [3.8, 4) is 0 Å². The van der Waals surface area contributed by atoms with Gasteiger partial charge in [-0.15, -0.1) is 12.4 Å². The molecular formula is C17H23ClN4O. The first-order chi connectivity index (χ1) is 10.8. The van der Waals surface area contributed by atoms with Gasteiger partial charge < -0.3 is 14.6 Å². The van der Waals surface area contributed by atoms with Crippen LogP contribution in [-0.2, 0) is 6.42 Å². The number of rotatable bonds is 3. The molecule has 0 radical (unpaired) electrons. The minimum absolute atomic E-state index is 0. The Morgan fingerprint density at radius 3 is 2.78 bits per heavy atom. The fraction of sp³-hybridized carbons (Fsp3) is 0.529. The second-order valence-electron chi connectivity index (χ2n) is 6.40. The molecule has 2 aromatic rings. The fourth-order valence-corrected chi connectivity index (χ4v) is 3.88. The molecule has 3 fully saturated rings. The number of halogens is 1. The van der Waals surface area contributed by atoms with Gasteiger partial charge in [0, 0.05) is 25.2 Å². The summed E-state index contributed by atoms with van der Waals surface area (Å²) in [5.41, 5.74) is 1.46. The van der Waals surface area contributed by atoms with Crippen LogP contribution in [0.3, 0.4) is 0 Å². The zero-order valence-corrected chi connectivity index (χ0v) is 14.2. The molecule has 0 saturated carbocycles. The molecule has 3 aliphatic heterocycles. The molecule has 124 valence electrons. The van der Waals surface area contributed by atoms with E-state index in [-0.39, 0.29) is 24.4 Å². The molecule has 1 N–H and O–H groups in total. The topological polar surface area (TPSA) is 49.6 Å². The van der Waals surface area contributed by atoms with E-state index < -0.39 is 0 Å². The van der Waals surface area contributed by atoms with E-state index in [1.165, 1.54) is 25.9 Å². The number of piperidine rings is 3. The number of aryl methyl sites for hydroxylation is 1. The molecule has 6 heteroatoms. The maximum absolute atomic E-state index is 12.7. The maximum Gasteiger partial charge on any atom is 0.272 e. The Morgan fingerprint density at radius 2 is 2.13 bits per heavy atom. The van der Waals surface area contributed by atoms with Crippen LogP contribution >= 0.6 is 12.4 Å². The van der Waals surface area contributed by atoms with Crippen molar-refractivity contribution in [3.63, 3.8) is 0 Å². The highest BCUT2D eigenvalue weighted by molar-refractivity contribution is 5.99. The van der Waals surface area contributed by atoms with Gasteiger partial charge in [-0.05, 0) is 44.0 Å². The molecule has 1 unspecified atom stereocenters. The first-order valence-electron chi connectivity index (χ1n) is 8.25. The van der Waals surface area contributed by atoms with Gasteiger partial charge in [0.2, 0.25) is 0 Å². The molecule has 0 spiro atoms. The summed E-state index contributed by atoms with van der Waals surface area (Å²) >= 11 is 0. The van der Waals surface area contributed by atoms with E-state index in [0.29, 0.717) is 11.6 Å². The van der Waals surface area contributed by atoms with E-state index in [0.717, 1.165) is 24.3 Å². The lowest BCUT2D eigenvalue weighted by Gasteiger charge is -2.44. The van der Waals surface area contributed by atoms with Crippen molar-refractivity contribution < 1.29 is 4.79 Å². The second kappa shape index (κ2) is 6.49. The molecular weight excluding hydrogens is 312 g/mol. The van der Waals surface area contributed by atoms with Gasteiger partial charge in [0.05, 0.1) is 5.52 Å². The number of amides is 1. The third-order valence-corrected chi connectivity index (χ3v) is 5.13. The second-order valence-corrected chi connectivity index (χ2v) is 6.40. The standard InChI is InChI=1S/C17H22N4O.ClH/c1-2-15-19-16(14-5-3-4-8-21(14)15)17(22)18-13-11-20-9-6-12(13)7-10-20;/h3-5,8,12-13H,2,6-7,9-11H2,1H3,(H,18,22);1H. The quantitative estimate of drug-likeness (QED) is 0.935. The summed E-state index contributed by atoms with van der Waals surface area (Å²) in [6.45, 7) is 5.43. The molecule has 5 nitrogen and oxygen atoms in total. The van der Waals surface area contributed by atoms with Crippen LogP contribution in [0.4, 0.5) is 0 Å². The van der Waals surface area contributed by atoms with Crippen molar-refractivity contribution in [1.29, 1.82) is 0 Å². The molecule has 5 rings (SSSR count). The summed E-state index contributed by atoms with van der Waals surface area (Å²) in [6, 6.07) is 6.18. The lowest BCUT2D eigenvalue weighted by atomic mass is 9.84. The number of carbonyl (C=O) groups is 1. The zero-order valence-electron chi connectivity index (χ0n) is 13.4. The van der Waals surface area contributed by atoms with Gasteiger partial charge in [0.25, 0.3) is 5.91 Å². The molecule has 3 aliphatic rings. The number of aromatic nitrogens is 2. The molecule has 3 saturated heterocycles. The maximum atomic E-state index is 12.7. The van der Waals surface area contributed by atoms with Gasteiger partial charge in [-0.1, -0.05) is 13.0 Å². The third kappa shape index (κ3) is 2.83. The molecule has 5 heterocycles. The molecule has 23 heavy (non-hydrogen) atoms. The largest absolute Gasteiger partial charge is 0.346 e. The highest BCUT2D eigenvalue weighted by Gasteiger charge is 2.35. The van der Waals surface area contributed by atoms with Crippen LogP contribution in [0.15, 0.2) is 24.4 Å². The highest BCUT2D eigenvalue weighted by atomic mass is 35.5. The van der Waals surface area contributed by atoms with Crippen LogP contribution in [0.25, 0.3) is 5.52 Å². The molecule has 2 bridgehead atoms. The number of nitrogens with one attached hydrogen (secondary N) is 1. The van der Waals surface area contributed by atoms with E-state index in [9.17, 15) is 4.79 Å². The summed E-state index contributed by atoms with van der Waals surface area (Å²) in [5.74, 6) is 1.55. The van der Waals surface area contributed by atoms with Crippen LogP contribution in [-0.4, -0.2) is 45.9 Å². The van der Waals surface area contributed by atoms with Crippen LogP contribution in [0.2, 0.25) is 0 Å². The van der Waals surface area contributed by atoms with Crippen molar-refractivity contribution in [2.75, 3.05) is 19.6 Å². The van der Waals surface area contributed by atoms with E-state index in [4.69, 9.17) is 0 Å². The van der Waals surface area contributed by atoms with E-state index >= 15 is 0 Å². The van der Waals surface area contributed by atoms with E-state index in [1.807, 2.05) is 28.8 Å². The summed E-state index contributed by atoms with van der Waals surface area (Å²) < 4.78 is 2.02. The average Bonchev–Trinajstić information content (AvgIpc) is 2.95. The molecule has 1 amide bonds. The number of nitrogens with zero attached hydrogens (tertiary/aromatic N) is 3. The number of hydrogen-bond donors (Lipinski definition) is 1. The minimum atomic E-state index is -0.0258. The van der Waals surface area contributed by atoms with Gasteiger partial charge in [-0.25, -0.2) is 4.98 Å². The number of hydrogen-bond acceptors (Lipinski definition) is 3. The zero-order chi connectivity index (χ0) is 15.1. The smallest absolute Gasteiger partial charge is 0.272 e. The van der Waals surface area contributed by atoms with Crippen molar-refractivity contribution >= 4 is 23.8 Å². The fourth-order valence-electron chi connectivity index (χ4n) is 3.88. The van der Waals surface area contributed by atoms with Gasteiger partial charge >= 0.3 is 0 Å². The van der Waals surface area contributed by atoms with Crippen LogP contribution < -0.4 is 5.32 Å². The van der Waals surface area contributed by atoms with Crippen LogP contribution in [0.5, 0.6) is 0 Å². The Hall–Kier alpha value is -1.59. The Morgan fingerprint density at radius 1 is 1.35 bits per heavy atom. The van der Waals surface area contributed by atoms with Crippen LogP contribution in [0, 0.1) is 5.92 Å². The number of fused-ring (bicyclic) bond motifs is 4. The minimum Gasteiger partial charge on any atom is -0.346 e. The Kier molecular flexibility index (Phi) is 4.60. The summed E-state index contributed by atoms with van der Waals surface area (Å²) in [6.07, 6.45) is 5.20. The SMILES string of the molecule is CCc1nc(C(=O)NC2CN3CCC2CC3)c2ccccn12.Cl. The van der Waals surface area contributed by atoms with Crippen molar-refractivity contribution in [2.24, 2.45) is 5.92 Å². The van der Waals surface area contributed by atoms with Gasteiger partial charge in [-0.2, -0.15) is 0 Å². The molecule has 2 aromatic heterocycles. The first-order valence-corrected chi connectivity index (χ1v) is 8.25. The Bertz CT molecular complexity index is 706. The molecule has 0 aliphatic carbocycles. The van der Waals surface area contributed by atoms with Crippen molar-refractivity contribution in [3.05, 3.63) is 35.9 Å². The predicted octanol–water partition coefficient (Wildman–Crippen LogP) is 2.14. The first kappa shape index (κ1) is 16.3. The van der Waals surface area contributed by atoms with Crippen LogP contribution in [0.1, 0.15) is 36.1 Å². The Balaban J connectivity index is 0.00000156. The monoisotopic (exact) mass is 334 g/mol. The summed E-state index contributed by atoms with van der Waals surface area (Å²) in [5, 5.41) is 3.24.